The van der Waals surface area contributed by atoms with E-state index in [4.69, 9.17) is 11.6 Å². The SMILES string of the molecule is Cl.Cl.Clc1cccc(C(CN2CCNCC2)C2CCCCC2)c1. The number of nitrogens with zero attached hydrogens (tertiary/aromatic N) is 1. The summed E-state index contributed by atoms with van der Waals surface area (Å²) in [5.74, 6) is 1.49. The van der Waals surface area contributed by atoms with Crippen molar-refractivity contribution in [1.82, 2.24) is 10.2 Å². The summed E-state index contributed by atoms with van der Waals surface area (Å²) in [6, 6.07) is 8.59. The van der Waals surface area contributed by atoms with E-state index in [1.54, 1.807) is 0 Å². The molecule has 1 aliphatic heterocycles. The highest BCUT2D eigenvalue weighted by atomic mass is 35.5. The normalized spacial score (nSPS) is 21.1. The van der Waals surface area contributed by atoms with Crippen LogP contribution in [0.3, 0.4) is 0 Å². The second-order valence-corrected chi connectivity index (χ2v) is 7.05. The van der Waals surface area contributed by atoms with E-state index in [-0.39, 0.29) is 24.8 Å². The Morgan fingerprint density at radius 2 is 1.78 bits per heavy atom. The summed E-state index contributed by atoms with van der Waals surface area (Å²) in [6.07, 6.45) is 7.02. The Morgan fingerprint density at radius 1 is 1.09 bits per heavy atom. The standard InChI is InChI=1S/C18H27ClN2.2ClH/c19-17-8-4-7-16(13-17)18(15-5-2-1-3-6-15)14-21-11-9-20-10-12-21;;/h4,7-8,13,15,18,20H,1-3,5-6,9-12,14H2;2*1H. The monoisotopic (exact) mass is 378 g/mol. The molecule has 0 spiro atoms. The first-order valence-electron chi connectivity index (χ1n) is 8.51. The molecule has 0 aromatic heterocycles. The second kappa shape index (κ2) is 10.8. The largest absolute Gasteiger partial charge is 0.314 e. The van der Waals surface area contributed by atoms with Crippen LogP contribution in [0.1, 0.15) is 43.6 Å². The predicted molar refractivity (Wildman–Crippen MR) is 105 cm³/mol. The van der Waals surface area contributed by atoms with Crippen LogP contribution in [0.4, 0.5) is 0 Å². The van der Waals surface area contributed by atoms with Gasteiger partial charge in [-0.1, -0.05) is 43.0 Å². The van der Waals surface area contributed by atoms with E-state index in [1.807, 2.05) is 6.07 Å². The molecule has 1 saturated carbocycles. The Bertz CT molecular complexity index is 444. The summed E-state index contributed by atoms with van der Waals surface area (Å²) < 4.78 is 0. The minimum Gasteiger partial charge on any atom is -0.314 e. The van der Waals surface area contributed by atoms with E-state index < -0.39 is 0 Å². The number of rotatable bonds is 4. The van der Waals surface area contributed by atoms with Gasteiger partial charge < -0.3 is 10.2 Å². The lowest BCUT2D eigenvalue weighted by molar-refractivity contribution is 0.187. The van der Waals surface area contributed by atoms with Gasteiger partial charge in [0.2, 0.25) is 0 Å². The molecule has 23 heavy (non-hydrogen) atoms. The first-order valence-corrected chi connectivity index (χ1v) is 8.89. The van der Waals surface area contributed by atoms with Gasteiger partial charge in [0, 0.05) is 37.7 Å². The third-order valence-electron chi connectivity index (χ3n) is 5.16. The van der Waals surface area contributed by atoms with Crippen LogP contribution in [0.5, 0.6) is 0 Å². The van der Waals surface area contributed by atoms with Gasteiger partial charge in [0.25, 0.3) is 0 Å². The van der Waals surface area contributed by atoms with Crippen molar-refractivity contribution < 1.29 is 0 Å². The highest BCUT2D eigenvalue weighted by molar-refractivity contribution is 6.30. The number of benzene rings is 1. The van der Waals surface area contributed by atoms with E-state index in [9.17, 15) is 0 Å². The molecular formula is C18H29Cl3N2. The number of hydrogen-bond acceptors (Lipinski definition) is 2. The van der Waals surface area contributed by atoms with Gasteiger partial charge in [-0.05, 0) is 42.4 Å². The molecule has 0 amide bonds. The van der Waals surface area contributed by atoms with Crippen molar-refractivity contribution in [3.05, 3.63) is 34.9 Å². The first kappa shape index (κ1) is 21.1. The van der Waals surface area contributed by atoms with E-state index in [1.165, 1.54) is 57.3 Å². The maximum atomic E-state index is 6.25. The molecule has 1 saturated heterocycles. The first-order chi connectivity index (χ1) is 10.3. The lowest BCUT2D eigenvalue weighted by Crippen LogP contribution is -2.45. The predicted octanol–water partition coefficient (Wildman–Crippen LogP) is 4.75. The van der Waals surface area contributed by atoms with Gasteiger partial charge in [0.1, 0.15) is 0 Å². The van der Waals surface area contributed by atoms with Crippen LogP contribution in [-0.4, -0.2) is 37.6 Å². The van der Waals surface area contributed by atoms with Gasteiger partial charge in [-0.25, -0.2) is 0 Å². The lowest BCUT2D eigenvalue weighted by atomic mass is 9.76. The van der Waals surface area contributed by atoms with Gasteiger partial charge in [-0.2, -0.15) is 0 Å². The molecule has 1 aromatic rings. The number of piperazine rings is 1. The molecule has 5 heteroatoms. The smallest absolute Gasteiger partial charge is 0.0408 e. The molecule has 1 aromatic carbocycles. The molecule has 2 aliphatic rings. The minimum atomic E-state index is 0. The van der Waals surface area contributed by atoms with Crippen LogP contribution in [0.15, 0.2) is 24.3 Å². The summed E-state index contributed by atoms with van der Waals surface area (Å²) in [5, 5.41) is 4.34. The second-order valence-electron chi connectivity index (χ2n) is 6.61. The Balaban J connectivity index is 0.00000132. The van der Waals surface area contributed by atoms with Crippen molar-refractivity contribution in [3.63, 3.8) is 0 Å². The Labute approximate surface area is 158 Å². The molecule has 1 aliphatic carbocycles. The van der Waals surface area contributed by atoms with Gasteiger partial charge >= 0.3 is 0 Å². The maximum Gasteiger partial charge on any atom is 0.0408 e. The molecule has 1 atom stereocenters. The highest BCUT2D eigenvalue weighted by Crippen LogP contribution is 2.37. The molecule has 3 rings (SSSR count). The fraction of sp³-hybridized carbons (Fsp3) is 0.667. The van der Waals surface area contributed by atoms with E-state index >= 15 is 0 Å². The van der Waals surface area contributed by atoms with Crippen LogP contribution in [-0.2, 0) is 0 Å². The Hall–Kier alpha value is 0.01000. The van der Waals surface area contributed by atoms with Gasteiger partial charge in [-0.15, -0.1) is 24.8 Å². The quantitative estimate of drug-likeness (QED) is 0.812. The summed E-state index contributed by atoms with van der Waals surface area (Å²) in [6.45, 7) is 5.83. The van der Waals surface area contributed by atoms with Gasteiger partial charge in [-0.3, -0.25) is 0 Å². The fourth-order valence-electron chi connectivity index (χ4n) is 3.97. The summed E-state index contributed by atoms with van der Waals surface area (Å²) >= 11 is 6.25. The van der Waals surface area contributed by atoms with Gasteiger partial charge in [0.15, 0.2) is 0 Å². The van der Waals surface area contributed by atoms with E-state index in [0.29, 0.717) is 5.92 Å². The molecule has 0 bridgehead atoms. The van der Waals surface area contributed by atoms with Crippen molar-refractivity contribution in [2.24, 2.45) is 5.92 Å². The highest BCUT2D eigenvalue weighted by Gasteiger charge is 2.27. The molecule has 132 valence electrons. The third-order valence-corrected chi connectivity index (χ3v) is 5.40. The Morgan fingerprint density at radius 3 is 2.43 bits per heavy atom. The van der Waals surface area contributed by atoms with E-state index in [0.717, 1.165) is 24.0 Å². The molecular weight excluding hydrogens is 351 g/mol. The Kier molecular flexibility index (Phi) is 9.87. The number of nitrogens with one attached hydrogen (secondary N) is 1. The van der Waals surface area contributed by atoms with Crippen LogP contribution < -0.4 is 5.32 Å². The van der Waals surface area contributed by atoms with Crippen molar-refractivity contribution in [1.29, 1.82) is 0 Å². The maximum absolute atomic E-state index is 6.25. The number of halogens is 3. The van der Waals surface area contributed by atoms with Crippen molar-refractivity contribution in [2.45, 2.75) is 38.0 Å². The average molecular weight is 380 g/mol. The van der Waals surface area contributed by atoms with Crippen LogP contribution >= 0.6 is 36.4 Å². The molecule has 1 heterocycles. The summed E-state index contributed by atoms with van der Waals surface area (Å²) in [5.41, 5.74) is 1.45. The summed E-state index contributed by atoms with van der Waals surface area (Å²) in [4.78, 5) is 2.64. The topological polar surface area (TPSA) is 15.3 Å². The van der Waals surface area contributed by atoms with Crippen molar-refractivity contribution in [2.75, 3.05) is 32.7 Å². The molecule has 1 unspecified atom stereocenters. The van der Waals surface area contributed by atoms with Gasteiger partial charge in [0.05, 0.1) is 0 Å². The number of hydrogen-bond donors (Lipinski definition) is 1. The van der Waals surface area contributed by atoms with Crippen molar-refractivity contribution in [3.8, 4) is 0 Å². The van der Waals surface area contributed by atoms with E-state index in [2.05, 4.69) is 28.4 Å². The van der Waals surface area contributed by atoms with Crippen LogP contribution in [0, 0.1) is 5.92 Å². The zero-order valence-electron chi connectivity index (χ0n) is 13.7. The average Bonchev–Trinajstić information content (AvgIpc) is 2.54. The summed E-state index contributed by atoms with van der Waals surface area (Å²) in [7, 11) is 0. The zero-order chi connectivity index (χ0) is 14.5. The fourth-order valence-corrected chi connectivity index (χ4v) is 4.17. The van der Waals surface area contributed by atoms with Crippen molar-refractivity contribution >= 4 is 36.4 Å². The molecule has 1 N–H and O–H groups in total. The van der Waals surface area contributed by atoms with Crippen LogP contribution in [0.25, 0.3) is 0 Å². The third kappa shape index (κ3) is 6.10. The molecule has 0 radical (unpaired) electrons. The minimum absolute atomic E-state index is 0. The molecule has 2 nitrogen and oxygen atoms in total. The lowest BCUT2D eigenvalue weighted by Gasteiger charge is -2.36. The van der Waals surface area contributed by atoms with Crippen LogP contribution in [0.2, 0.25) is 5.02 Å². The zero-order valence-corrected chi connectivity index (χ0v) is 16.1. The molecule has 2 fully saturated rings.